The van der Waals surface area contributed by atoms with Crippen LogP contribution in [0.25, 0.3) is 0 Å². The Morgan fingerprint density at radius 1 is 0.848 bits per heavy atom. The van der Waals surface area contributed by atoms with Gasteiger partial charge < -0.3 is 26.0 Å². The molecule has 33 heavy (non-hydrogen) atoms. The Bertz CT molecular complexity index is 1060. The van der Waals surface area contributed by atoms with Crippen LogP contribution in [-0.4, -0.2) is 29.2 Å². The van der Waals surface area contributed by atoms with Gasteiger partial charge in [0.25, 0.3) is 0 Å². The smallest absolute Gasteiger partial charge is 0.323 e. The van der Waals surface area contributed by atoms with Gasteiger partial charge in [-0.15, -0.1) is 0 Å². The molecule has 4 rings (SSSR count). The molecule has 1 heterocycles. The molecule has 4 N–H and O–H groups in total. The summed E-state index contributed by atoms with van der Waals surface area (Å²) in [6.45, 7) is 1.89. The average molecular weight is 447 g/mol. The minimum absolute atomic E-state index is 0.314. The molecule has 0 saturated heterocycles. The van der Waals surface area contributed by atoms with Crippen molar-refractivity contribution in [3.8, 4) is 5.75 Å². The van der Waals surface area contributed by atoms with E-state index in [1.54, 1.807) is 31.4 Å². The number of carbonyl (C=O) groups excluding carboxylic acids is 1. The Morgan fingerprint density at radius 3 is 2.06 bits per heavy atom. The van der Waals surface area contributed by atoms with Crippen LogP contribution in [0.15, 0.2) is 54.6 Å². The van der Waals surface area contributed by atoms with Gasteiger partial charge in [-0.3, -0.25) is 0 Å². The number of carbonyl (C=O) groups is 1. The molecule has 3 aromatic rings. The van der Waals surface area contributed by atoms with Crippen molar-refractivity contribution in [1.82, 2.24) is 9.97 Å². The monoisotopic (exact) mass is 446 g/mol. The van der Waals surface area contributed by atoms with Gasteiger partial charge in [0.2, 0.25) is 0 Å². The van der Waals surface area contributed by atoms with Crippen molar-refractivity contribution in [2.75, 3.05) is 28.4 Å². The van der Waals surface area contributed by atoms with Crippen molar-refractivity contribution < 1.29 is 9.53 Å². The predicted octanol–water partition coefficient (Wildman–Crippen LogP) is 5.93. The van der Waals surface area contributed by atoms with E-state index in [9.17, 15) is 4.79 Å². The van der Waals surface area contributed by atoms with Crippen molar-refractivity contribution in [2.24, 2.45) is 0 Å². The van der Waals surface area contributed by atoms with E-state index < -0.39 is 0 Å². The molecule has 1 aliphatic carbocycles. The number of nitrogens with one attached hydrogen (secondary N) is 4. The van der Waals surface area contributed by atoms with E-state index in [2.05, 4.69) is 31.2 Å². The summed E-state index contributed by atoms with van der Waals surface area (Å²) in [5, 5.41) is 12.5. The highest BCUT2D eigenvalue weighted by molar-refractivity contribution is 5.99. The maximum Gasteiger partial charge on any atom is 0.323 e. The fraction of sp³-hybridized carbons (Fsp3) is 0.320. The topological polar surface area (TPSA) is 100 Å². The van der Waals surface area contributed by atoms with Gasteiger partial charge in [-0.25, -0.2) is 14.8 Å². The third kappa shape index (κ3) is 6.58. The largest absolute Gasteiger partial charge is 0.497 e. The fourth-order valence-corrected chi connectivity index (χ4v) is 3.91. The molecule has 1 aromatic heterocycles. The molecular formula is C25H30N6O2. The first kappa shape index (κ1) is 22.4. The number of anilines is 5. The van der Waals surface area contributed by atoms with Crippen molar-refractivity contribution in [3.05, 3.63) is 60.4 Å². The maximum absolute atomic E-state index is 12.3. The predicted molar refractivity (Wildman–Crippen MR) is 133 cm³/mol. The lowest BCUT2D eigenvalue weighted by molar-refractivity contribution is 0.262. The minimum Gasteiger partial charge on any atom is -0.497 e. The van der Waals surface area contributed by atoms with Gasteiger partial charge in [-0.05, 0) is 68.3 Å². The molecule has 8 nitrogen and oxygen atoms in total. The van der Waals surface area contributed by atoms with Crippen molar-refractivity contribution in [2.45, 2.75) is 45.1 Å². The molecule has 2 amide bonds. The van der Waals surface area contributed by atoms with Crippen LogP contribution >= 0.6 is 0 Å². The van der Waals surface area contributed by atoms with Crippen molar-refractivity contribution >= 4 is 34.7 Å². The Kier molecular flexibility index (Phi) is 7.24. The summed E-state index contributed by atoms with van der Waals surface area (Å²) in [4.78, 5) is 21.3. The molecule has 0 aliphatic heterocycles. The van der Waals surface area contributed by atoms with Gasteiger partial charge in [-0.2, -0.15) is 0 Å². The molecule has 1 fully saturated rings. The quantitative estimate of drug-likeness (QED) is 0.359. The number of nitrogens with zero attached hydrogens (tertiary/aromatic N) is 2. The minimum atomic E-state index is -0.314. The first-order chi connectivity index (χ1) is 16.1. The highest BCUT2D eigenvalue weighted by Crippen LogP contribution is 2.24. The molecule has 0 spiro atoms. The van der Waals surface area contributed by atoms with Crippen LogP contribution in [0, 0.1) is 6.92 Å². The van der Waals surface area contributed by atoms with Crippen LogP contribution in [0.1, 0.15) is 37.9 Å². The fourth-order valence-electron chi connectivity index (χ4n) is 3.91. The molecule has 1 aliphatic rings. The van der Waals surface area contributed by atoms with E-state index in [0.29, 0.717) is 23.2 Å². The number of aromatic nitrogens is 2. The summed E-state index contributed by atoms with van der Waals surface area (Å²) in [5.41, 5.74) is 2.24. The summed E-state index contributed by atoms with van der Waals surface area (Å²) in [6.07, 6.45) is 6.23. The zero-order valence-corrected chi connectivity index (χ0v) is 19.0. The Balaban J connectivity index is 1.33. The van der Waals surface area contributed by atoms with Gasteiger partial charge in [0.15, 0.2) is 0 Å². The highest BCUT2D eigenvalue weighted by atomic mass is 16.5. The summed E-state index contributed by atoms with van der Waals surface area (Å²) >= 11 is 0. The number of benzene rings is 2. The molecule has 0 unspecified atom stereocenters. The number of methoxy groups -OCH3 is 1. The van der Waals surface area contributed by atoms with E-state index in [0.717, 1.165) is 23.1 Å². The Labute approximate surface area is 194 Å². The van der Waals surface area contributed by atoms with Gasteiger partial charge in [-0.1, -0.05) is 19.3 Å². The Hall–Kier alpha value is -3.81. The van der Waals surface area contributed by atoms with Crippen LogP contribution in [0.3, 0.4) is 0 Å². The maximum atomic E-state index is 12.3. The molecule has 0 bridgehead atoms. The number of hydrogen-bond acceptors (Lipinski definition) is 6. The lowest BCUT2D eigenvalue weighted by atomic mass is 9.95. The van der Waals surface area contributed by atoms with Gasteiger partial charge in [0, 0.05) is 29.2 Å². The summed E-state index contributed by atoms with van der Waals surface area (Å²) in [5.74, 6) is 3.04. The number of ether oxygens (including phenoxy) is 1. The van der Waals surface area contributed by atoms with Crippen LogP contribution in [0.2, 0.25) is 0 Å². The summed E-state index contributed by atoms with van der Waals surface area (Å²) < 4.78 is 5.12. The SMILES string of the molecule is COc1ccc(NC(=O)Nc2ccc(Nc3cc(NC4CCCCC4)nc(C)n3)cc2)cc1. The van der Waals surface area contributed by atoms with E-state index >= 15 is 0 Å². The lowest BCUT2D eigenvalue weighted by Gasteiger charge is -2.23. The van der Waals surface area contributed by atoms with E-state index in [1.807, 2.05) is 37.3 Å². The second-order valence-corrected chi connectivity index (χ2v) is 8.17. The first-order valence-corrected chi connectivity index (χ1v) is 11.3. The summed E-state index contributed by atoms with van der Waals surface area (Å²) in [7, 11) is 1.60. The molecule has 0 atom stereocenters. The number of hydrogen-bond donors (Lipinski definition) is 4. The van der Waals surface area contributed by atoms with Gasteiger partial charge in [0.1, 0.15) is 23.2 Å². The number of amides is 2. The highest BCUT2D eigenvalue weighted by Gasteiger charge is 2.14. The zero-order valence-electron chi connectivity index (χ0n) is 19.0. The molecule has 172 valence electrons. The molecule has 1 saturated carbocycles. The Morgan fingerprint density at radius 2 is 1.42 bits per heavy atom. The second kappa shape index (κ2) is 10.7. The first-order valence-electron chi connectivity index (χ1n) is 11.3. The lowest BCUT2D eigenvalue weighted by Crippen LogP contribution is -2.23. The van der Waals surface area contributed by atoms with Crippen LogP contribution in [-0.2, 0) is 0 Å². The third-order valence-electron chi connectivity index (χ3n) is 5.56. The van der Waals surface area contributed by atoms with Crippen molar-refractivity contribution in [3.63, 3.8) is 0 Å². The van der Waals surface area contributed by atoms with Gasteiger partial charge in [0.05, 0.1) is 7.11 Å². The number of urea groups is 1. The standard InChI is InChI=1S/C25H30N6O2/c1-17-26-23(28-18-6-4-3-5-7-18)16-24(27-17)29-19-8-10-20(11-9-19)30-25(32)31-21-12-14-22(33-2)15-13-21/h8-16,18H,3-7H2,1-2H3,(H2,30,31,32)(H2,26,27,28,29). The van der Waals surface area contributed by atoms with Crippen LogP contribution < -0.4 is 26.0 Å². The van der Waals surface area contributed by atoms with E-state index in [-0.39, 0.29) is 6.03 Å². The number of rotatable bonds is 7. The number of aryl methyl sites for hydroxylation is 1. The second-order valence-electron chi connectivity index (χ2n) is 8.17. The third-order valence-corrected chi connectivity index (χ3v) is 5.56. The van der Waals surface area contributed by atoms with Crippen molar-refractivity contribution in [1.29, 1.82) is 0 Å². The van der Waals surface area contributed by atoms with Gasteiger partial charge >= 0.3 is 6.03 Å². The molecule has 2 aromatic carbocycles. The van der Waals surface area contributed by atoms with E-state index in [4.69, 9.17) is 4.74 Å². The van der Waals surface area contributed by atoms with Crippen LogP contribution in [0.4, 0.5) is 33.5 Å². The van der Waals surface area contributed by atoms with E-state index in [1.165, 1.54) is 32.1 Å². The normalized spacial score (nSPS) is 13.8. The molecule has 0 radical (unpaired) electrons. The average Bonchev–Trinajstić information content (AvgIpc) is 2.81. The zero-order chi connectivity index (χ0) is 23.0. The summed E-state index contributed by atoms with van der Waals surface area (Å²) in [6, 6.07) is 16.7. The molecule has 8 heteroatoms. The molecular weight excluding hydrogens is 416 g/mol. The van der Waals surface area contributed by atoms with Crippen LogP contribution in [0.5, 0.6) is 5.75 Å².